The minimum atomic E-state index is -3.74. The van der Waals surface area contributed by atoms with Crippen molar-refractivity contribution in [3.63, 3.8) is 0 Å². The van der Waals surface area contributed by atoms with E-state index in [1.807, 2.05) is 38.1 Å². The molecule has 3 heterocycles. The van der Waals surface area contributed by atoms with E-state index in [-0.39, 0.29) is 23.5 Å². The zero-order valence-corrected chi connectivity index (χ0v) is 24.4. The zero-order valence-electron chi connectivity index (χ0n) is 23.5. The second-order valence-electron chi connectivity index (χ2n) is 9.80. The molecule has 4 aromatic rings. The third kappa shape index (κ3) is 7.54. The molecule has 3 N–H and O–H groups in total. The fourth-order valence-electron chi connectivity index (χ4n) is 4.12. The van der Waals surface area contributed by atoms with E-state index in [0.717, 1.165) is 28.0 Å². The van der Waals surface area contributed by atoms with Gasteiger partial charge in [0.05, 0.1) is 32.0 Å². The van der Waals surface area contributed by atoms with Crippen LogP contribution in [-0.2, 0) is 18.8 Å². The summed E-state index contributed by atoms with van der Waals surface area (Å²) in [6.07, 6.45) is -3.92. The number of nitrogens with zero attached hydrogens (tertiary/aromatic N) is 4. The van der Waals surface area contributed by atoms with Crippen molar-refractivity contribution in [2.24, 2.45) is 0 Å². The van der Waals surface area contributed by atoms with E-state index in [2.05, 4.69) is 20.0 Å². The van der Waals surface area contributed by atoms with Crippen molar-refractivity contribution in [1.29, 1.82) is 0 Å². The molecule has 0 radical (unpaired) electrons. The Kier molecular flexibility index (Phi) is 10.5. The van der Waals surface area contributed by atoms with Crippen molar-refractivity contribution in [3.05, 3.63) is 55.1 Å². The number of carbonyl (C=O) groups excluding carboxylic acids is 1. The van der Waals surface area contributed by atoms with Crippen LogP contribution < -0.4 is 15.3 Å². The summed E-state index contributed by atoms with van der Waals surface area (Å²) >= 11 is 0. The topological polar surface area (TPSA) is 136 Å². The lowest BCUT2D eigenvalue weighted by Gasteiger charge is -2.29. The summed E-state index contributed by atoms with van der Waals surface area (Å²) < 4.78 is 81.2. The summed E-state index contributed by atoms with van der Waals surface area (Å²) in [5.41, 5.74) is 2.95. The number of ether oxygens (including phenoxy) is 2. The van der Waals surface area contributed by atoms with Crippen molar-refractivity contribution < 1.29 is 40.9 Å². The maximum atomic E-state index is 15.2. The smallest absolute Gasteiger partial charge is 0.318 e. The molecule has 0 aliphatic carbocycles. The zero-order chi connectivity index (χ0) is 31.2. The van der Waals surface area contributed by atoms with Crippen LogP contribution >= 0.6 is 8.53 Å². The van der Waals surface area contributed by atoms with Gasteiger partial charge in [-0.1, -0.05) is 30.3 Å². The summed E-state index contributed by atoms with van der Waals surface area (Å²) in [5.74, 6) is -3.47. The van der Waals surface area contributed by atoms with Gasteiger partial charge in [0.1, 0.15) is 23.9 Å². The maximum absolute atomic E-state index is 15.2. The summed E-state index contributed by atoms with van der Waals surface area (Å²) in [4.78, 5) is 22.5. The van der Waals surface area contributed by atoms with Crippen LogP contribution in [0.25, 0.3) is 21.9 Å². The van der Waals surface area contributed by atoms with Crippen LogP contribution in [0.4, 0.5) is 23.4 Å². The van der Waals surface area contributed by atoms with Gasteiger partial charge in [-0.05, 0) is 36.8 Å². The monoisotopic (exact) mass is 626 g/mol. The Balaban J connectivity index is 0.000000782. The van der Waals surface area contributed by atoms with Gasteiger partial charge in [0.2, 0.25) is 6.23 Å². The van der Waals surface area contributed by atoms with Crippen LogP contribution in [0.1, 0.15) is 26.5 Å². The second kappa shape index (κ2) is 13.9. The van der Waals surface area contributed by atoms with Crippen LogP contribution in [0.3, 0.4) is 0 Å². The maximum Gasteiger partial charge on any atom is 0.318 e. The minimum absolute atomic E-state index is 0.0306. The highest BCUT2D eigenvalue weighted by atomic mass is 31.2. The number of nitrogens with two attached hydrogens (primary N) is 1. The van der Waals surface area contributed by atoms with Crippen LogP contribution in [0, 0.1) is 0 Å². The van der Waals surface area contributed by atoms with Crippen molar-refractivity contribution in [3.8, 4) is 5.75 Å². The molecule has 0 spiro atoms. The van der Waals surface area contributed by atoms with Gasteiger partial charge in [-0.15, -0.1) is 0 Å². The van der Waals surface area contributed by atoms with E-state index in [9.17, 15) is 13.6 Å². The van der Waals surface area contributed by atoms with Gasteiger partial charge in [0.25, 0.3) is 12.3 Å². The fourth-order valence-corrected chi connectivity index (χ4v) is 5.19. The Labute approximate surface area is 245 Å². The summed E-state index contributed by atoms with van der Waals surface area (Å²) in [5, 5.41) is 4.44. The third-order valence-corrected chi connectivity index (χ3v) is 7.57. The number of nitrogen functional groups attached to an aromatic ring is 1. The molecule has 1 fully saturated rings. The van der Waals surface area contributed by atoms with Gasteiger partial charge in [-0.2, -0.15) is 0 Å². The number of nitrogens with one attached hydrogen (secondary N) is 1. The SMILES string of the molecule is COC(C)C.Nc1ncnc2c1ncn2C1OC(COP(NCC=O)Oc2ccc3ccccc3c2)(C(F)F)CC1(F)F. The first-order valence-corrected chi connectivity index (χ1v) is 14.2. The molecule has 11 nitrogen and oxygen atoms in total. The van der Waals surface area contributed by atoms with E-state index >= 15 is 8.78 Å². The van der Waals surface area contributed by atoms with Crippen LogP contribution in [-0.4, -0.2) is 70.1 Å². The molecule has 2 aromatic heterocycles. The molecule has 3 atom stereocenters. The number of alkyl halides is 4. The molecular weight excluding hydrogens is 595 g/mol. The van der Waals surface area contributed by atoms with Crippen LogP contribution in [0.15, 0.2) is 55.1 Å². The summed E-state index contributed by atoms with van der Waals surface area (Å²) in [6, 6.07) is 12.6. The predicted octanol–water partition coefficient (Wildman–Crippen LogP) is 5.27. The highest BCUT2D eigenvalue weighted by molar-refractivity contribution is 7.45. The average Bonchev–Trinajstić information content (AvgIpc) is 3.53. The van der Waals surface area contributed by atoms with Gasteiger partial charge in [-0.3, -0.25) is 4.57 Å². The lowest BCUT2D eigenvalue weighted by Crippen LogP contribution is -2.42. The number of aldehydes is 1. The van der Waals surface area contributed by atoms with Crippen LogP contribution in [0.5, 0.6) is 5.75 Å². The van der Waals surface area contributed by atoms with Crippen molar-refractivity contribution in [2.45, 2.75) is 50.5 Å². The third-order valence-electron chi connectivity index (χ3n) is 6.39. The number of fused-ring (bicyclic) bond motifs is 2. The number of imidazole rings is 1. The van der Waals surface area contributed by atoms with Crippen LogP contribution in [0.2, 0.25) is 0 Å². The first kappa shape index (κ1) is 32.4. The molecule has 232 valence electrons. The van der Waals surface area contributed by atoms with E-state index in [0.29, 0.717) is 18.1 Å². The van der Waals surface area contributed by atoms with Gasteiger partial charge in [0.15, 0.2) is 17.1 Å². The lowest BCUT2D eigenvalue weighted by molar-refractivity contribution is -0.178. The molecule has 3 unspecified atom stereocenters. The highest BCUT2D eigenvalue weighted by Gasteiger charge is 2.63. The molecule has 0 bridgehead atoms. The molecule has 1 aliphatic heterocycles. The molecule has 5 rings (SSSR count). The quantitative estimate of drug-likeness (QED) is 0.129. The predicted molar refractivity (Wildman–Crippen MR) is 152 cm³/mol. The molecule has 1 aliphatic rings. The molecular formula is C27H31F4N6O5P. The normalized spacial score (nSPS) is 20.3. The molecule has 2 aromatic carbocycles. The van der Waals surface area contributed by atoms with Gasteiger partial charge >= 0.3 is 8.53 Å². The standard InChI is InChI=1S/C23H21F4N6O4P.C4H10O/c24-20(25)22(10-23(26,27)21(36-22)33-13-31-17-18(28)29-12-30-19(17)33)11-35-38(32-7-8-34)37-16-6-5-14-3-1-2-4-15(14)9-16;1-4(2)5-3/h1-6,8-9,12-13,20-21,32H,7,10-11H2,(H2,28,29,30);4H,1-3H3. The van der Waals surface area contributed by atoms with E-state index in [1.165, 1.54) is 0 Å². The first-order valence-electron chi connectivity index (χ1n) is 13.1. The van der Waals surface area contributed by atoms with E-state index in [4.69, 9.17) is 24.3 Å². The Bertz CT molecular complexity index is 1530. The number of hydrogen-bond donors (Lipinski definition) is 2. The number of benzene rings is 2. The fraction of sp³-hybridized carbons (Fsp3) is 0.407. The summed E-state index contributed by atoms with van der Waals surface area (Å²) in [7, 11) is -0.490. The van der Waals surface area contributed by atoms with E-state index in [1.54, 1.807) is 25.3 Å². The number of rotatable bonds is 11. The number of methoxy groups -OCH3 is 1. The number of anilines is 1. The number of aromatic nitrogens is 4. The highest BCUT2D eigenvalue weighted by Crippen LogP contribution is 2.52. The molecule has 0 saturated carbocycles. The number of carbonyl (C=O) groups is 1. The molecule has 0 amide bonds. The summed E-state index contributed by atoms with van der Waals surface area (Å²) in [6.45, 7) is 2.83. The number of halogens is 4. The largest absolute Gasteiger partial charge is 0.436 e. The molecule has 43 heavy (non-hydrogen) atoms. The molecule has 16 heteroatoms. The van der Waals surface area contributed by atoms with Gasteiger partial charge < -0.3 is 29.0 Å². The van der Waals surface area contributed by atoms with Crippen molar-refractivity contribution in [2.75, 3.05) is 26.0 Å². The van der Waals surface area contributed by atoms with Gasteiger partial charge in [-0.25, -0.2) is 37.6 Å². The van der Waals surface area contributed by atoms with Crippen molar-refractivity contribution >= 4 is 42.6 Å². The minimum Gasteiger partial charge on any atom is -0.436 e. The Morgan fingerprint density at radius 2 is 1.91 bits per heavy atom. The Morgan fingerprint density at radius 1 is 1.19 bits per heavy atom. The average molecular weight is 627 g/mol. The van der Waals surface area contributed by atoms with E-state index < -0.39 is 45.7 Å². The molecule has 1 saturated heterocycles. The van der Waals surface area contributed by atoms with Gasteiger partial charge in [0, 0.05) is 7.11 Å². The first-order chi connectivity index (χ1) is 20.5. The van der Waals surface area contributed by atoms with Crippen molar-refractivity contribution in [1.82, 2.24) is 24.6 Å². The Hall–Kier alpha value is -3.49. The number of hydrogen-bond acceptors (Lipinski definition) is 10. The second-order valence-corrected chi connectivity index (χ2v) is 11.1. The Morgan fingerprint density at radius 3 is 2.58 bits per heavy atom. The lowest BCUT2D eigenvalue weighted by atomic mass is 10.00.